The van der Waals surface area contributed by atoms with Gasteiger partial charge in [0.1, 0.15) is 10.8 Å². The van der Waals surface area contributed by atoms with E-state index in [4.69, 9.17) is 26.8 Å². The molecule has 0 saturated heterocycles. The molecular weight excluding hydrogens is 452 g/mol. The number of nitrogen functional groups attached to an aromatic ring is 1. The zero-order valence-electron chi connectivity index (χ0n) is 16.8. The number of nitrogens with one attached hydrogen (secondary N) is 1. The van der Waals surface area contributed by atoms with E-state index in [2.05, 4.69) is 25.3 Å². The second-order valence-electron chi connectivity index (χ2n) is 6.38. The van der Waals surface area contributed by atoms with Gasteiger partial charge < -0.3 is 20.5 Å². The monoisotopic (exact) mass is 468 g/mol. The third kappa shape index (κ3) is 5.10. The van der Waals surface area contributed by atoms with Gasteiger partial charge in [0, 0.05) is 16.0 Å². The van der Waals surface area contributed by atoms with Gasteiger partial charge in [-0.2, -0.15) is 15.0 Å². The predicted octanol–water partition coefficient (Wildman–Crippen LogP) is 4.34. The summed E-state index contributed by atoms with van der Waals surface area (Å²) in [6.45, 7) is -0.198. The Labute approximate surface area is 192 Å². The van der Waals surface area contributed by atoms with Crippen LogP contribution in [0.2, 0.25) is 5.02 Å². The van der Waals surface area contributed by atoms with E-state index in [-0.39, 0.29) is 30.0 Å². The number of para-hydroxylation sites is 2. The largest absolute Gasteiger partial charge is 0.495 e. The number of benzene rings is 2. The zero-order chi connectivity index (χ0) is 22.5. The average molecular weight is 469 g/mol. The molecule has 0 spiro atoms. The molecule has 0 unspecified atom stereocenters. The van der Waals surface area contributed by atoms with Crippen LogP contribution in [-0.2, 0) is 11.3 Å². The Balaban J connectivity index is 1.44. The molecule has 162 valence electrons. The Kier molecular flexibility index (Phi) is 6.43. The van der Waals surface area contributed by atoms with Crippen molar-refractivity contribution in [1.82, 2.24) is 19.9 Å². The van der Waals surface area contributed by atoms with Gasteiger partial charge in [-0.15, -0.1) is 11.3 Å². The van der Waals surface area contributed by atoms with Crippen LogP contribution in [0.1, 0.15) is 16.3 Å². The van der Waals surface area contributed by atoms with Gasteiger partial charge in [0.15, 0.2) is 18.1 Å². The first-order chi connectivity index (χ1) is 15.5. The van der Waals surface area contributed by atoms with Gasteiger partial charge in [-0.3, -0.25) is 0 Å². The maximum absolute atomic E-state index is 12.4. The molecule has 0 saturated carbocycles. The smallest absolute Gasteiger partial charge is 0.358 e. The minimum absolute atomic E-state index is 0.0136. The number of nitrogens with two attached hydrogens (primary N) is 1. The Morgan fingerprint density at radius 3 is 2.78 bits per heavy atom. The first-order valence-electron chi connectivity index (χ1n) is 9.31. The van der Waals surface area contributed by atoms with Crippen molar-refractivity contribution in [3.63, 3.8) is 0 Å². The number of anilines is 3. The fraction of sp³-hybridized carbons (Fsp3) is 0.0952. The lowest BCUT2D eigenvalue weighted by Crippen LogP contribution is -2.11. The highest BCUT2D eigenvalue weighted by Gasteiger charge is 2.15. The maximum atomic E-state index is 12.4. The number of carbonyl (C=O) groups excluding carboxylic acids is 1. The first-order valence-corrected chi connectivity index (χ1v) is 10.6. The number of aromatic nitrogens is 4. The third-order valence-electron chi connectivity index (χ3n) is 4.17. The van der Waals surface area contributed by atoms with Crippen LogP contribution in [0.3, 0.4) is 0 Å². The summed E-state index contributed by atoms with van der Waals surface area (Å²) in [5, 5.41) is 5.89. The van der Waals surface area contributed by atoms with E-state index in [1.807, 2.05) is 24.3 Å². The number of nitrogens with zero attached hydrogens (tertiary/aromatic N) is 4. The Morgan fingerprint density at radius 1 is 1.12 bits per heavy atom. The molecule has 2 heterocycles. The van der Waals surface area contributed by atoms with Crippen molar-refractivity contribution < 1.29 is 14.3 Å². The van der Waals surface area contributed by atoms with E-state index in [1.165, 1.54) is 11.3 Å². The molecule has 0 atom stereocenters. The van der Waals surface area contributed by atoms with E-state index in [0.717, 1.165) is 5.56 Å². The summed E-state index contributed by atoms with van der Waals surface area (Å²) in [4.78, 5) is 29.1. The second kappa shape index (κ2) is 9.58. The molecule has 0 amide bonds. The van der Waals surface area contributed by atoms with Gasteiger partial charge in [0.2, 0.25) is 11.9 Å². The number of ether oxygens (including phenoxy) is 2. The Hall–Kier alpha value is -3.76. The van der Waals surface area contributed by atoms with Crippen molar-refractivity contribution in [2.24, 2.45) is 0 Å². The molecule has 0 radical (unpaired) electrons. The number of rotatable bonds is 7. The van der Waals surface area contributed by atoms with Crippen LogP contribution < -0.4 is 15.8 Å². The molecule has 4 aromatic rings. The summed E-state index contributed by atoms with van der Waals surface area (Å²) in [6.07, 6.45) is 0. The molecule has 4 rings (SSSR count). The predicted molar refractivity (Wildman–Crippen MR) is 122 cm³/mol. The molecule has 9 nitrogen and oxygen atoms in total. The topological polar surface area (TPSA) is 125 Å². The first kappa shape index (κ1) is 21.5. The summed E-state index contributed by atoms with van der Waals surface area (Å²) in [7, 11) is 1.56. The summed E-state index contributed by atoms with van der Waals surface area (Å²) in [5.74, 6) is 0.380. The second-order valence-corrected chi connectivity index (χ2v) is 7.68. The highest BCUT2D eigenvalue weighted by atomic mass is 35.5. The van der Waals surface area contributed by atoms with Gasteiger partial charge in [-0.25, -0.2) is 9.78 Å². The number of esters is 1. The van der Waals surface area contributed by atoms with Crippen molar-refractivity contribution in [2.45, 2.75) is 6.61 Å². The van der Waals surface area contributed by atoms with Crippen molar-refractivity contribution in [3.05, 3.63) is 70.5 Å². The zero-order valence-corrected chi connectivity index (χ0v) is 18.4. The van der Waals surface area contributed by atoms with Gasteiger partial charge in [-0.05, 0) is 24.3 Å². The molecule has 0 fully saturated rings. The molecule has 0 bridgehead atoms. The van der Waals surface area contributed by atoms with E-state index in [9.17, 15) is 4.79 Å². The van der Waals surface area contributed by atoms with Crippen LogP contribution in [0.25, 0.3) is 10.6 Å². The van der Waals surface area contributed by atoms with E-state index < -0.39 is 5.97 Å². The highest BCUT2D eigenvalue weighted by Crippen LogP contribution is 2.27. The van der Waals surface area contributed by atoms with Crippen molar-refractivity contribution >= 4 is 46.5 Å². The molecule has 3 N–H and O–H groups in total. The standard InChI is InChI=1S/C21H17ClN6O3S/c1-30-16-8-3-2-7-14(16)25-21-27-17(26-20(23)28-21)10-31-19(29)15-11-32-18(24-15)12-5-4-6-13(22)9-12/h2-9,11H,10H2,1H3,(H3,23,25,26,27,28). The summed E-state index contributed by atoms with van der Waals surface area (Å²) >= 11 is 7.34. The highest BCUT2D eigenvalue weighted by molar-refractivity contribution is 7.13. The normalized spacial score (nSPS) is 10.6. The van der Waals surface area contributed by atoms with E-state index >= 15 is 0 Å². The van der Waals surface area contributed by atoms with E-state index in [1.54, 1.807) is 36.8 Å². The van der Waals surface area contributed by atoms with Crippen molar-refractivity contribution in [2.75, 3.05) is 18.2 Å². The minimum atomic E-state index is -0.604. The number of carbonyl (C=O) groups is 1. The van der Waals surface area contributed by atoms with Crippen LogP contribution in [0.4, 0.5) is 17.6 Å². The quantitative estimate of drug-likeness (QED) is 0.381. The minimum Gasteiger partial charge on any atom is -0.495 e. The number of hydrogen-bond donors (Lipinski definition) is 2. The molecule has 2 aromatic carbocycles. The summed E-state index contributed by atoms with van der Waals surface area (Å²) < 4.78 is 10.6. The molecule has 0 aliphatic heterocycles. The van der Waals surface area contributed by atoms with Gasteiger partial charge >= 0.3 is 5.97 Å². The Morgan fingerprint density at radius 2 is 1.97 bits per heavy atom. The lowest BCUT2D eigenvalue weighted by molar-refractivity contribution is 0.0456. The number of thiazole rings is 1. The van der Waals surface area contributed by atoms with Crippen LogP contribution in [-0.4, -0.2) is 33.0 Å². The average Bonchev–Trinajstić information content (AvgIpc) is 3.28. The van der Waals surface area contributed by atoms with Gasteiger partial charge in [0.05, 0.1) is 12.8 Å². The molecular formula is C21H17ClN6O3S. The van der Waals surface area contributed by atoms with Crippen molar-refractivity contribution in [3.8, 4) is 16.3 Å². The maximum Gasteiger partial charge on any atom is 0.358 e. The van der Waals surface area contributed by atoms with Crippen LogP contribution in [0.5, 0.6) is 5.75 Å². The van der Waals surface area contributed by atoms with Crippen LogP contribution >= 0.6 is 22.9 Å². The number of hydrogen-bond acceptors (Lipinski definition) is 10. The summed E-state index contributed by atoms with van der Waals surface area (Å²) in [5.41, 5.74) is 7.44. The lowest BCUT2D eigenvalue weighted by Gasteiger charge is -2.10. The summed E-state index contributed by atoms with van der Waals surface area (Å²) in [6, 6.07) is 14.5. The van der Waals surface area contributed by atoms with Crippen LogP contribution in [0, 0.1) is 0 Å². The molecule has 0 aliphatic rings. The third-order valence-corrected chi connectivity index (χ3v) is 5.30. The molecule has 2 aromatic heterocycles. The van der Waals surface area contributed by atoms with Crippen LogP contribution in [0.15, 0.2) is 53.9 Å². The molecule has 32 heavy (non-hydrogen) atoms. The molecule has 0 aliphatic carbocycles. The number of methoxy groups -OCH3 is 1. The fourth-order valence-corrected chi connectivity index (χ4v) is 3.73. The molecule has 11 heteroatoms. The SMILES string of the molecule is COc1ccccc1Nc1nc(N)nc(COC(=O)c2csc(-c3cccc(Cl)c3)n2)n1. The van der Waals surface area contributed by atoms with E-state index in [0.29, 0.717) is 21.5 Å². The van der Waals surface area contributed by atoms with Gasteiger partial charge in [0.25, 0.3) is 0 Å². The van der Waals surface area contributed by atoms with Gasteiger partial charge in [-0.1, -0.05) is 35.9 Å². The Bertz CT molecular complexity index is 1270. The fourth-order valence-electron chi connectivity index (χ4n) is 2.75. The lowest BCUT2D eigenvalue weighted by atomic mass is 10.2. The number of halogens is 1. The van der Waals surface area contributed by atoms with Crippen molar-refractivity contribution in [1.29, 1.82) is 0 Å².